The van der Waals surface area contributed by atoms with Crippen molar-refractivity contribution in [1.82, 2.24) is 15.0 Å². The quantitative estimate of drug-likeness (QED) is 0.386. The van der Waals surface area contributed by atoms with Gasteiger partial charge in [0.25, 0.3) is 0 Å². The smallest absolute Gasteiger partial charge is 0.227 e. The molecule has 2 aromatic carbocycles. The molecule has 2 aromatic heterocycles. The van der Waals surface area contributed by atoms with Crippen molar-refractivity contribution < 1.29 is 9.53 Å². The number of hydrogen-bond acceptors (Lipinski definition) is 6. The van der Waals surface area contributed by atoms with Gasteiger partial charge in [-0.2, -0.15) is 0 Å². The van der Waals surface area contributed by atoms with Crippen molar-refractivity contribution in [2.75, 3.05) is 23.9 Å². The number of nitrogens with zero attached hydrogens (tertiary/aromatic N) is 4. The molecular weight excluding hydrogens is 450 g/mol. The van der Waals surface area contributed by atoms with Crippen LogP contribution in [0.1, 0.15) is 12.8 Å². The molecule has 0 unspecified atom stereocenters. The molecule has 1 aliphatic heterocycles. The Kier molecular flexibility index (Phi) is 6.10. The topological polar surface area (TPSA) is 80.2 Å². The van der Waals surface area contributed by atoms with Crippen LogP contribution in [0.3, 0.4) is 0 Å². The Hall–Kier alpha value is -3.97. The minimum absolute atomic E-state index is 0.109. The van der Waals surface area contributed by atoms with Crippen LogP contribution >= 0.6 is 11.6 Å². The Labute approximate surface area is 202 Å². The van der Waals surface area contributed by atoms with Gasteiger partial charge in [0.1, 0.15) is 5.75 Å². The lowest BCUT2D eigenvalue weighted by Crippen LogP contribution is -2.23. The number of methoxy groups -OCH3 is 1. The largest absolute Gasteiger partial charge is 0.496 e. The van der Waals surface area contributed by atoms with Crippen LogP contribution in [0.2, 0.25) is 5.02 Å². The van der Waals surface area contributed by atoms with E-state index in [1.54, 1.807) is 30.6 Å². The molecule has 0 spiro atoms. The number of hydrogen-bond donors (Lipinski definition) is 1. The minimum Gasteiger partial charge on any atom is -0.496 e. The van der Waals surface area contributed by atoms with Crippen LogP contribution in [0.25, 0.3) is 22.4 Å². The summed E-state index contributed by atoms with van der Waals surface area (Å²) in [4.78, 5) is 27.1. The number of aromatic nitrogens is 3. The number of rotatable bonds is 6. The van der Waals surface area contributed by atoms with E-state index >= 15 is 0 Å². The molecule has 0 saturated carbocycles. The van der Waals surface area contributed by atoms with E-state index < -0.39 is 0 Å². The van der Waals surface area contributed by atoms with Gasteiger partial charge in [0.05, 0.1) is 47.8 Å². The Morgan fingerprint density at radius 1 is 1.03 bits per heavy atom. The number of carbonyl (C=O) groups is 1. The van der Waals surface area contributed by atoms with Crippen LogP contribution in [-0.4, -0.2) is 34.5 Å². The van der Waals surface area contributed by atoms with Gasteiger partial charge in [-0.1, -0.05) is 41.9 Å². The van der Waals surface area contributed by atoms with Crippen LogP contribution < -0.4 is 15.0 Å². The highest BCUT2D eigenvalue weighted by Crippen LogP contribution is 2.36. The normalized spacial score (nSPS) is 13.2. The Morgan fingerprint density at radius 3 is 2.65 bits per heavy atom. The summed E-state index contributed by atoms with van der Waals surface area (Å²) in [6.45, 7) is 0.701. The van der Waals surface area contributed by atoms with Crippen molar-refractivity contribution in [2.24, 2.45) is 0 Å². The van der Waals surface area contributed by atoms with E-state index in [1.165, 1.54) is 0 Å². The molecule has 7 nitrogen and oxygen atoms in total. The lowest BCUT2D eigenvalue weighted by atomic mass is 10.0. The zero-order valence-electron chi connectivity index (χ0n) is 18.5. The second-order valence-electron chi connectivity index (χ2n) is 7.88. The zero-order valence-corrected chi connectivity index (χ0v) is 19.3. The van der Waals surface area contributed by atoms with Gasteiger partial charge in [-0.3, -0.25) is 9.78 Å². The third kappa shape index (κ3) is 4.43. The Morgan fingerprint density at radius 2 is 1.88 bits per heavy atom. The second-order valence-corrected chi connectivity index (χ2v) is 8.28. The predicted octanol–water partition coefficient (Wildman–Crippen LogP) is 5.74. The number of halogens is 1. The van der Waals surface area contributed by atoms with Gasteiger partial charge in [0.2, 0.25) is 11.9 Å². The van der Waals surface area contributed by atoms with Gasteiger partial charge >= 0.3 is 0 Å². The summed E-state index contributed by atoms with van der Waals surface area (Å²) in [7, 11) is 1.65. The van der Waals surface area contributed by atoms with Crippen molar-refractivity contribution >= 4 is 34.8 Å². The molecule has 170 valence electrons. The third-order valence-corrected chi connectivity index (χ3v) is 5.94. The molecule has 3 heterocycles. The molecule has 1 saturated heterocycles. The summed E-state index contributed by atoms with van der Waals surface area (Å²) in [5.74, 6) is 1.25. The van der Waals surface area contributed by atoms with Crippen molar-refractivity contribution in [3.8, 4) is 28.1 Å². The van der Waals surface area contributed by atoms with E-state index in [-0.39, 0.29) is 5.91 Å². The van der Waals surface area contributed by atoms with Crippen molar-refractivity contribution in [2.45, 2.75) is 12.8 Å². The number of benzene rings is 2. The second kappa shape index (κ2) is 9.49. The summed E-state index contributed by atoms with van der Waals surface area (Å²) < 4.78 is 5.57. The van der Waals surface area contributed by atoms with Crippen molar-refractivity contribution in [3.05, 3.63) is 78.2 Å². The zero-order chi connectivity index (χ0) is 23.5. The fourth-order valence-electron chi connectivity index (χ4n) is 4.02. The Balaban J connectivity index is 1.47. The first-order valence-electron chi connectivity index (χ1n) is 10.9. The molecule has 4 aromatic rings. The number of amides is 1. The molecule has 34 heavy (non-hydrogen) atoms. The molecule has 0 aliphatic carbocycles. The van der Waals surface area contributed by atoms with Crippen molar-refractivity contribution in [1.29, 1.82) is 0 Å². The predicted molar refractivity (Wildman–Crippen MR) is 134 cm³/mol. The van der Waals surface area contributed by atoms with E-state index in [2.05, 4.69) is 20.3 Å². The maximum atomic E-state index is 12.1. The fourth-order valence-corrected chi connectivity index (χ4v) is 4.22. The fraction of sp³-hybridized carbons (Fsp3) is 0.154. The van der Waals surface area contributed by atoms with Gasteiger partial charge in [0, 0.05) is 24.1 Å². The Bertz CT molecular complexity index is 1350. The maximum Gasteiger partial charge on any atom is 0.227 e. The molecule has 1 aliphatic rings. The van der Waals surface area contributed by atoms with Crippen LogP contribution in [0.4, 0.5) is 17.3 Å². The van der Waals surface area contributed by atoms with Gasteiger partial charge in [-0.15, -0.1) is 0 Å². The molecular formula is C26H22ClN5O2. The SMILES string of the molecule is COc1ccc(-c2nc(Nc3cncc(N4CCCC4=O)c3)ncc2Cl)cc1-c1ccccc1. The number of nitrogens with one attached hydrogen (secondary N) is 1. The van der Waals surface area contributed by atoms with Gasteiger partial charge < -0.3 is 15.0 Å². The third-order valence-electron chi connectivity index (χ3n) is 5.67. The molecule has 1 fully saturated rings. The number of ether oxygens (including phenoxy) is 1. The van der Waals surface area contributed by atoms with Crippen molar-refractivity contribution in [3.63, 3.8) is 0 Å². The lowest BCUT2D eigenvalue weighted by Gasteiger charge is -2.16. The van der Waals surface area contributed by atoms with Crippen LogP contribution in [0, 0.1) is 0 Å². The van der Waals surface area contributed by atoms with Crippen LogP contribution in [0.15, 0.2) is 73.2 Å². The molecule has 1 amide bonds. The first-order chi connectivity index (χ1) is 16.6. The van der Waals surface area contributed by atoms with Gasteiger partial charge in [-0.25, -0.2) is 9.97 Å². The van der Waals surface area contributed by atoms with Crippen LogP contribution in [-0.2, 0) is 4.79 Å². The van der Waals surface area contributed by atoms with E-state index in [0.717, 1.165) is 34.5 Å². The molecule has 1 N–H and O–H groups in total. The monoisotopic (exact) mass is 471 g/mol. The lowest BCUT2D eigenvalue weighted by molar-refractivity contribution is -0.117. The maximum absolute atomic E-state index is 12.1. The van der Waals surface area contributed by atoms with Gasteiger partial charge in [-0.05, 0) is 36.2 Å². The molecule has 0 bridgehead atoms. The average molecular weight is 472 g/mol. The molecule has 0 radical (unpaired) electrons. The average Bonchev–Trinajstić information content (AvgIpc) is 3.31. The number of carbonyl (C=O) groups excluding carboxylic acids is 1. The first-order valence-corrected chi connectivity index (χ1v) is 11.3. The van der Waals surface area contributed by atoms with E-state index in [9.17, 15) is 4.79 Å². The summed E-state index contributed by atoms with van der Waals surface area (Å²) in [5, 5.41) is 3.62. The molecule has 8 heteroatoms. The summed E-state index contributed by atoms with van der Waals surface area (Å²) in [5.41, 5.74) is 4.85. The standard InChI is InChI=1S/C26H22ClN5O2/c1-34-23-10-9-18(12-21(23)17-6-3-2-4-7-17)25-22(27)16-29-26(31-25)30-19-13-20(15-28-14-19)32-11-5-8-24(32)33/h2-4,6-7,9-10,12-16H,5,8,11H2,1H3,(H,29,30,31). The van der Waals surface area contributed by atoms with Gasteiger partial charge in [0.15, 0.2) is 0 Å². The number of anilines is 3. The number of pyridine rings is 1. The first kappa shape index (κ1) is 21.9. The van der Waals surface area contributed by atoms with Crippen LogP contribution in [0.5, 0.6) is 5.75 Å². The molecule has 5 rings (SSSR count). The summed E-state index contributed by atoms with van der Waals surface area (Å²) in [6, 6.07) is 17.7. The van der Waals surface area contributed by atoms with E-state index in [0.29, 0.717) is 35.3 Å². The van der Waals surface area contributed by atoms with E-state index in [4.69, 9.17) is 16.3 Å². The minimum atomic E-state index is 0.109. The summed E-state index contributed by atoms with van der Waals surface area (Å²) >= 11 is 6.49. The highest BCUT2D eigenvalue weighted by atomic mass is 35.5. The highest BCUT2D eigenvalue weighted by Gasteiger charge is 2.22. The van der Waals surface area contributed by atoms with E-state index in [1.807, 2.05) is 54.6 Å². The highest BCUT2D eigenvalue weighted by molar-refractivity contribution is 6.33. The summed E-state index contributed by atoms with van der Waals surface area (Å²) in [6.07, 6.45) is 6.34. The molecule has 0 atom stereocenters.